The van der Waals surface area contributed by atoms with E-state index in [0.717, 1.165) is 29.2 Å². The fourth-order valence-corrected chi connectivity index (χ4v) is 6.78. The Kier molecular flexibility index (Phi) is 6.93. The van der Waals surface area contributed by atoms with Crippen LogP contribution in [-0.4, -0.2) is 62.0 Å². The molecule has 0 spiro atoms. The van der Waals surface area contributed by atoms with E-state index >= 15 is 0 Å². The Bertz CT molecular complexity index is 1070. The van der Waals surface area contributed by atoms with Gasteiger partial charge in [-0.3, -0.25) is 4.79 Å². The number of halogens is 1. The third-order valence-electron chi connectivity index (χ3n) is 5.86. The molecule has 1 atom stereocenters. The molecule has 0 bridgehead atoms. The molecular weight excluding hydrogens is 454 g/mol. The third-order valence-corrected chi connectivity index (χ3v) is 9.21. The van der Waals surface area contributed by atoms with Gasteiger partial charge in [0.2, 0.25) is 10.0 Å². The number of amides is 1. The number of carbonyl (C=O) groups excluding carboxylic acids is 1. The lowest BCUT2D eigenvalue weighted by Crippen LogP contribution is -2.48. The molecule has 1 N–H and O–H groups in total. The quantitative estimate of drug-likeness (QED) is 0.709. The average Bonchev–Trinajstić information content (AvgIpc) is 2.79. The molecule has 0 aliphatic carbocycles. The number of hydrogen-bond donors (Lipinski definition) is 1. The van der Waals surface area contributed by atoms with E-state index < -0.39 is 10.0 Å². The van der Waals surface area contributed by atoms with E-state index in [1.54, 1.807) is 11.8 Å². The molecule has 2 aliphatic heterocycles. The number of piperazine rings is 1. The summed E-state index contributed by atoms with van der Waals surface area (Å²) in [6, 6.07) is 12.3. The van der Waals surface area contributed by atoms with E-state index in [9.17, 15) is 13.2 Å². The van der Waals surface area contributed by atoms with Crippen molar-refractivity contribution in [2.45, 2.75) is 29.2 Å². The number of rotatable bonds is 5. The number of thioether (sulfide) groups is 1. The summed E-state index contributed by atoms with van der Waals surface area (Å²) < 4.78 is 27.8. The molecule has 2 heterocycles. The number of fused-ring (bicyclic) bond motifs is 1. The molecule has 0 radical (unpaired) electrons. The normalized spacial score (nSPS) is 20.3. The lowest BCUT2D eigenvalue weighted by Gasteiger charge is -2.33. The zero-order valence-corrected chi connectivity index (χ0v) is 19.8. The largest absolute Gasteiger partial charge is 0.345 e. The van der Waals surface area contributed by atoms with Crippen LogP contribution in [-0.2, 0) is 10.0 Å². The predicted octanol–water partition coefficient (Wildman–Crippen LogP) is 3.63. The van der Waals surface area contributed by atoms with Crippen LogP contribution in [0.3, 0.4) is 0 Å². The Morgan fingerprint density at radius 1 is 1.16 bits per heavy atom. The molecule has 166 valence electrons. The Morgan fingerprint density at radius 3 is 2.65 bits per heavy atom. The van der Waals surface area contributed by atoms with Gasteiger partial charge in [0.15, 0.2) is 0 Å². The van der Waals surface area contributed by atoms with Crippen LogP contribution in [0.4, 0.5) is 0 Å². The van der Waals surface area contributed by atoms with E-state index in [4.69, 9.17) is 11.6 Å². The topological polar surface area (TPSA) is 69.7 Å². The van der Waals surface area contributed by atoms with Gasteiger partial charge in [-0.2, -0.15) is 4.31 Å². The Balaban J connectivity index is 1.55. The molecule has 1 amide bonds. The highest BCUT2D eigenvalue weighted by Gasteiger charge is 2.30. The molecule has 1 saturated heterocycles. The van der Waals surface area contributed by atoms with Gasteiger partial charge in [-0.05, 0) is 42.8 Å². The molecule has 6 nitrogen and oxygen atoms in total. The number of benzene rings is 2. The van der Waals surface area contributed by atoms with Crippen molar-refractivity contribution < 1.29 is 13.2 Å². The molecule has 4 rings (SSSR count). The standard InChI is InChI=1S/C22H26ClN3O3S2/c1-2-25-10-12-26(13-11-25)31(28,29)16-7-8-19(23)18(15-16)22(27)24-20-9-14-30-21-6-4-3-5-17(20)21/h3-8,15,20H,2,9-14H2,1H3,(H,24,27). The van der Waals surface area contributed by atoms with Crippen LogP contribution >= 0.6 is 23.4 Å². The van der Waals surface area contributed by atoms with Crippen LogP contribution < -0.4 is 5.32 Å². The van der Waals surface area contributed by atoms with Crippen LogP contribution in [0.25, 0.3) is 0 Å². The van der Waals surface area contributed by atoms with Crippen molar-refractivity contribution >= 4 is 39.3 Å². The molecule has 0 saturated carbocycles. The monoisotopic (exact) mass is 479 g/mol. The maximum atomic E-state index is 13.2. The highest BCUT2D eigenvalue weighted by molar-refractivity contribution is 7.99. The summed E-state index contributed by atoms with van der Waals surface area (Å²) in [5, 5.41) is 3.29. The van der Waals surface area contributed by atoms with Gasteiger partial charge in [-0.1, -0.05) is 36.7 Å². The minimum Gasteiger partial charge on any atom is -0.345 e. The van der Waals surface area contributed by atoms with Crippen LogP contribution in [0.15, 0.2) is 52.3 Å². The van der Waals surface area contributed by atoms with Gasteiger partial charge < -0.3 is 10.2 Å². The molecule has 2 aliphatic rings. The van der Waals surface area contributed by atoms with Gasteiger partial charge in [-0.25, -0.2) is 8.42 Å². The van der Waals surface area contributed by atoms with E-state index in [1.807, 2.05) is 18.2 Å². The number of likely N-dealkylation sites (N-methyl/N-ethyl adjacent to an activating group) is 1. The first-order valence-corrected chi connectivity index (χ1v) is 13.2. The second-order valence-electron chi connectivity index (χ2n) is 7.68. The number of hydrogen-bond acceptors (Lipinski definition) is 5. The third kappa shape index (κ3) is 4.78. The summed E-state index contributed by atoms with van der Waals surface area (Å²) in [4.78, 5) is 16.5. The van der Waals surface area contributed by atoms with Crippen molar-refractivity contribution in [3.05, 3.63) is 58.6 Å². The van der Waals surface area contributed by atoms with Gasteiger partial charge in [0.1, 0.15) is 0 Å². The Morgan fingerprint density at radius 2 is 1.90 bits per heavy atom. The summed E-state index contributed by atoms with van der Waals surface area (Å²) in [5.41, 5.74) is 1.27. The number of nitrogens with zero attached hydrogens (tertiary/aromatic N) is 2. The lowest BCUT2D eigenvalue weighted by atomic mass is 10.0. The Hall–Kier alpha value is -1.58. The lowest BCUT2D eigenvalue weighted by molar-refractivity contribution is 0.0935. The zero-order chi connectivity index (χ0) is 22.0. The summed E-state index contributed by atoms with van der Waals surface area (Å²) in [7, 11) is -3.68. The van der Waals surface area contributed by atoms with Crippen LogP contribution in [0.5, 0.6) is 0 Å². The number of sulfonamides is 1. The summed E-state index contributed by atoms with van der Waals surface area (Å²) in [6.45, 7) is 5.26. The molecule has 2 aromatic rings. The second kappa shape index (κ2) is 9.50. The van der Waals surface area contributed by atoms with Crippen molar-refractivity contribution in [2.24, 2.45) is 0 Å². The zero-order valence-electron chi connectivity index (χ0n) is 17.4. The van der Waals surface area contributed by atoms with Gasteiger partial charge in [0.25, 0.3) is 5.91 Å². The fourth-order valence-electron chi connectivity index (χ4n) is 4.00. The summed E-state index contributed by atoms with van der Waals surface area (Å²) >= 11 is 8.08. The van der Waals surface area contributed by atoms with E-state index in [2.05, 4.69) is 23.2 Å². The van der Waals surface area contributed by atoms with Crippen LogP contribution in [0, 0.1) is 0 Å². The fraction of sp³-hybridized carbons (Fsp3) is 0.409. The predicted molar refractivity (Wildman–Crippen MR) is 124 cm³/mol. The molecule has 1 unspecified atom stereocenters. The van der Waals surface area contributed by atoms with Crippen molar-refractivity contribution in [1.29, 1.82) is 0 Å². The first kappa shape index (κ1) is 22.6. The van der Waals surface area contributed by atoms with E-state index in [1.165, 1.54) is 22.5 Å². The van der Waals surface area contributed by atoms with Crippen molar-refractivity contribution in [2.75, 3.05) is 38.5 Å². The minimum atomic E-state index is -3.68. The summed E-state index contributed by atoms with van der Waals surface area (Å²) in [6.07, 6.45) is 0.810. The molecule has 31 heavy (non-hydrogen) atoms. The SMILES string of the molecule is CCN1CCN(S(=O)(=O)c2ccc(Cl)c(C(=O)NC3CCSc4ccccc43)c2)CC1. The summed E-state index contributed by atoms with van der Waals surface area (Å²) in [5.74, 6) is 0.554. The van der Waals surface area contributed by atoms with E-state index in [-0.39, 0.29) is 27.4 Å². The first-order chi connectivity index (χ1) is 14.9. The minimum absolute atomic E-state index is 0.103. The molecule has 0 aromatic heterocycles. The van der Waals surface area contributed by atoms with Gasteiger partial charge >= 0.3 is 0 Å². The highest BCUT2D eigenvalue weighted by Crippen LogP contribution is 2.36. The number of nitrogens with one attached hydrogen (secondary N) is 1. The molecular formula is C22H26ClN3O3S2. The molecule has 1 fully saturated rings. The highest BCUT2D eigenvalue weighted by atomic mass is 35.5. The maximum Gasteiger partial charge on any atom is 0.253 e. The second-order valence-corrected chi connectivity index (χ2v) is 11.2. The molecule has 9 heteroatoms. The first-order valence-electron chi connectivity index (χ1n) is 10.4. The van der Waals surface area contributed by atoms with Gasteiger partial charge in [0, 0.05) is 36.8 Å². The smallest absolute Gasteiger partial charge is 0.253 e. The van der Waals surface area contributed by atoms with Crippen molar-refractivity contribution in [3.63, 3.8) is 0 Å². The van der Waals surface area contributed by atoms with Crippen LogP contribution in [0.2, 0.25) is 5.02 Å². The maximum absolute atomic E-state index is 13.2. The van der Waals surface area contributed by atoms with Crippen molar-refractivity contribution in [3.8, 4) is 0 Å². The van der Waals surface area contributed by atoms with Crippen LogP contribution in [0.1, 0.15) is 35.3 Å². The molecule has 2 aromatic carbocycles. The van der Waals surface area contributed by atoms with E-state index in [0.29, 0.717) is 26.2 Å². The van der Waals surface area contributed by atoms with Gasteiger partial charge in [-0.15, -0.1) is 11.8 Å². The number of carbonyl (C=O) groups is 1. The average molecular weight is 480 g/mol. The van der Waals surface area contributed by atoms with Crippen molar-refractivity contribution in [1.82, 2.24) is 14.5 Å². The Labute approximate surface area is 193 Å². The van der Waals surface area contributed by atoms with Gasteiger partial charge in [0.05, 0.1) is 21.5 Å².